The third-order valence-corrected chi connectivity index (χ3v) is 5.77. The summed E-state index contributed by atoms with van der Waals surface area (Å²) < 4.78 is 25.5. The Bertz CT molecular complexity index is 1110. The summed E-state index contributed by atoms with van der Waals surface area (Å²) in [5, 5.41) is 6.65. The lowest BCUT2D eigenvalue weighted by Crippen LogP contribution is -2.20. The molecule has 1 aromatic carbocycles. The van der Waals surface area contributed by atoms with Crippen LogP contribution >= 0.6 is 0 Å². The molecule has 4 rings (SSSR count). The molecule has 1 aromatic heterocycles. The Hall–Kier alpha value is -2.68. The Labute approximate surface area is 143 Å². The quantitative estimate of drug-likeness (QED) is 0.788. The third-order valence-electron chi connectivity index (χ3n) is 4.63. The number of sulfone groups is 1. The Morgan fingerprint density at radius 1 is 1.36 bits per heavy atom. The van der Waals surface area contributed by atoms with Crippen molar-refractivity contribution in [3.8, 4) is 0 Å². The number of aryl methyl sites for hydroxylation is 1. The smallest absolute Gasteiger partial charge is 0.277 e. The number of hydrogen-bond acceptors (Lipinski definition) is 6. The maximum absolute atomic E-state index is 12.9. The van der Waals surface area contributed by atoms with Gasteiger partial charge in [0.25, 0.3) is 5.56 Å². The second-order valence-electron chi connectivity index (χ2n) is 6.29. The van der Waals surface area contributed by atoms with Crippen LogP contribution in [0.15, 0.2) is 33.2 Å². The number of H-pyrrole nitrogens is 1. The highest BCUT2D eigenvalue weighted by molar-refractivity contribution is 7.90. The summed E-state index contributed by atoms with van der Waals surface area (Å²) in [5.74, 6) is -0.502. The van der Waals surface area contributed by atoms with E-state index in [9.17, 15) is 18.0 Å². The van der Waals surface area contributed by atoms with Crippen LogP contribution in [0.2, 0.25) is 0 Å². The number of carbonyl (C=O) groups excluding carboxylic acids is 1. The first-order chi connectivity index (χ1) is 11.8. The van der Waals surface area contributed by atoms with E-state index in [1.807, 2.05) is 0 Å². The second-order valence-corrected chi connectivity index (χ2v) is 8.27. The van der Waals surface area contributed by atoms with Crippen molar-refractivity contribution in [1.82, 2.24) is 9.78 Å². The summed E-state index contributed by atoms with van der Waals surface area (Å²) in [6.07, 6.45) is 2.94. The Morgan fingerprint density at radius 2 is 2.12 bits per heavy atom. The van der Waals surface area contributed by atoms with Gasteiger partial charge >= 0.3 is 0 Å². The number of rotatable bonds is 3. The number of aromatic nitrogens is 2. The first-order valence-corrected chi connectivity index (χ1v) is 9.53. The van der Waals surface area contributed by atoms with E-state index >= 15 is 0 Å². The van der Waals surface area contributed by atoms with Gasteiger partial charge in [-0.3, -0.25) is 14.3 Å². The number of fused-ring (bicyclic) bond motifs is 3. The zero-order chi connectivity index (χ0) is 17.9. The molecule has 2 aliphatic rings. The van der Waals surface area contributed by atoms with Gasteiger partial charge in [0.2, 0.25) is 0 Å². The maximum atomic E-state index is 12.9. The average Bonchev–Trinajstić information content (AvgIpc) is 3.21. The Morgan fingerprint density at radius 3 is 2.76 bits per heavy atom. The fourth-order valence-electron chi connectivity index (χ4n) is 3.41. The zero-order valence-electron chi connectivity index (χ0n) is 13.6. The minimum absolute atomic E-state index is 0.0204. The maximum Gasteiger partial charge on any atom is 0.277 e. The molecule has 1 aliphatic carbocycles. The Kier molecular flexibility index (Phi) is 3.26. The van der Waals surface area contributed by atoms with Gasteiger partial charge in [0.15, 0.2) is 15.6 Å². The zero-order valence-corrected chi connectivity index (χ0v) is 14.4. The standard InChI is InChI=1S/C16H15N3O5S/c1-19-16(21)11(6-17-19)15(20)9-3-4-12(25(2,22)23)13-10(9)5-8-7-24-18-14(8)13/h3-4,6,8,17H,5,7H2,1-2H3. The van der Waals surface area contributed by atoms with E-state index in [0.29, 0.717) is 35.4 Å². The lowest BCUT2D eigenvalue weighted by atomic mass is 9.97. The van der Waals surface area contributed by atoms with Gasteiger partial charge in [0.1, 0.15) is 12.2 Å². The van der Waals surface area contributed by atoms with E-state index in [1.54, 1.807) is 0 Å². The second kappa shape index (κ2) is 5.16. The molecule has 0 fully saturated rings. The first-order valence-electron chi connectivity index (χ1n) is 7.64. The lowest BCUT2D eigenvalue weighted by Gasteiger charge is -2.11. The van der Waals surface area contributed by atoms with Crippen LogP contribution in [0, 0.1) is 5.92 Å². The van der Waals surface area contributed by atoms with Gasteiger partial charge in [-0.2, -0.15) is 0 Å². The third kappa shape index (κ3) is 2.26. The summed E-state index contributed by atoms with van der Waals surface area (Å²) >= 11 is 0. The van der Waals surface area contributed by atoms with Crippen molar-refractivity contribution in [3.05, 3.63) is 50.9 Å². The van der Waals surface area contributed by atoms with Gasteiger partial charge in [-0.25, -0.2) is 8.42 Å². The van der Waals surface area contributed by atoms with Crippen LogP contribution in [0.25, 0.3) is 0 Å². The molecule has 0 bridgehead atoms. The first kappa shape index (κ1) is 15.8. The van der Waals surface area contributed by atoms with E-state index in [4.69, 9.17) is 4.84 Å². The van der Waals surface area contributed by atoms with Crippen LogP contribution in [-0.4, -0.2) is 42.6 Å². The van der Waals surface area contributed by atoms with Crippen molar-refractivity contribution in [1.29, 1.82) is 0 Å². The molecule has 0 amide bonds. The highest BCUT2D eigenvalue weighted by atomic mass is 32.2. The van der Waals surface area contributed by atoms with Crippen LogP contribution in [-0.2, 0) is 28.1 Å². The molecule has 1 aliphatic heterocycles. The molecule has 0 radical (unpaired) electrons. The molecule has 2 aromatic rings. The molecule has 9 heteroatoms. The molecule has 0 saturated carbocycles. The number of benzene rings is 1. The van der Waals surface area contributed by atoms with Crippen LogP contribution in [0.5, 0.6) is 0 Å². The normalized spacial score (nSPS) is 18.5. The van der Waals surface area contributed by atoms with Crippen LogP contribution in [0.4, 0.5) is 0 Å². The number of oxime groups is 1. The van der Waals surface area contributed by atoms with Gasteiger partial charge in [0, 0.05) is 36.5 Å². The molecule has 1 atom stereocenters. The molecule has 0 saturated heterocycles. The van der Waals surface area contributed by atoms with Crippen molar-refractivity contribution in [2.75, 3.05) is 12.9 Å². The van der Waals surface area contributed by atoms with E-state index in [0.717, 1.165) is 6.26 Å². The number of carbonyl (C=O) groups is 1. The Balaban J connectivity index is 1.96. The SMILES string of the molecule is Cn1[nH]cc(C(=O)c2ccc(S(C)(=O)=O)c3c2CC2CON=C32)c1=O. The summed E-state index contributed by atoms with van der Waals surface area (Å²) in [7, 11) is -1.98. The number of ketones is 1. The predicted octanol–water partition coefficient (Wildman–Crippen LogP) is 0.255. The van der Waals surface area contributed by atoms with Crippen molar-refractivity contribution in [3.63, 3.8) is 0 Å². The minimum Gasteiger partial charge on any atom is -0.395 e. The van der Waals surface area contributed by atoms with Gasteiger partial charge < -0.3 is 9.94 Å². The van der Waals surface area contributed by atoms with Crippen molar-refractivity contribution in [2.24, 2.45) is 18.1 Å². The monoisotopic (exact) mass is 361 g/mol. The van der Waals surface area contributed by atoms with Gasteiger partial charge in [-0.15, -0.1) is 0 Å². The summed E-state index contributed by atoms with van der Waals surface area (Å²) in [6.45, 7) is 0.354. The molecule has 2 heterocycles. The number of aromatic amines is 1. The summed E-state index contributed by atoms with van der Waals surface area (Å²) in [6, 6.07) is 2.88. The molecule has 8 nitrogen and oxygen atoms in total. The van der Waals surface area contributed by atoms with Crippen LogP contribution in [0.3, 0.4) is 0 Å². The molecule has 1 N–H and O–H groups in total. The molecule has 130 valence electrons. The molecule has 0 spiro atoms. The fraction of sp³-hybridized carbons (Fsp3) is 0.312. The van der Waals surface area contributed by atoms with Crippen molar-refractivity contribution < 1.29 is 18.0 Å². The van der Waals surface area contributed by atoms with Gasteiger partial charge in [-0.1, -0.05) is 5.16 Å². The van der Waals surface area contributed by atoms with Crippen LogP contribution in [0.1, 0.15) is 27.0 Å². The number of nitrogens with one attached hydrogen (secondary N) is 1. The van der Waals surface area contributed by atoms with Crippen molar-refractivity contribution >= 4 is 21.3 Å². The van der Waals surface area contributed by atoms with Crippen LogP contribution < -0.4 is 5.56 Å². The van der Waals surface area contributed by atoms with Crippen molar-refractivity contribution in [2.45, 2.75) is 11.3 Å². The predicted molar refractivity (Wildman–Crippen MR) is 88.7 cm³/mol. The molecule has 1 unspecified atom stereocenters. The fourth-order valence-corrected chi connectivity index (χ4v) is 4.33. The van der Waals surface area contributed by atoms with E-state index < -0.39 is 21.2 Å². The summed E-state index contributed by atoms with van der Waals surface area (Å²) in [4.78, 5) is 30.2. The topological polar surface area (TPSA) is 111 Å². The van der Waals surface area contributed by atoms with E-state index in [1.165, 1.54) is 30.1 Å². The lowest BCUT2D eigenvalue weighted by molar-refractivity contribution is 0.103. The number of nitrogens with zero attached hydrogens (tertiary/aromatic N) is 2. The number of hydrogen-bond donors (Lipinski definition) is 1. The molecular formula is C16H15N3O5S. The average molecular weight is 361 g/mol. The highest BCUT2D eigenvalue weighted by Crippen LogP contribution is 2.37. The largest absolute Gasteiger partial charge is 0.395 e. The molecule has 25 heavy (non-hydrogen) atoms. The minimum atomic E-state index is -3.50. The highest BCUT2D eigenvalue weighted by Gasteiger charge is 2.39. The molecular weight excluding hydrogens is 346 g/mol. The van der Waals surface area contributed by atoms with E-state index in [2.05, 4.69) is 10.3 Å². The van der Waals surface area contributed by atoms with E-state index in [-0.39, 0.29) is 16.4 Å². The van der Waals surface area contributed by atoms with Gasteiger partial charge in [-0.05, 0) is 24.1 Å². The summed E-state index contributed by atoms with van der Waals surface area (Å²) in [5.41, 5.74) is 1.55. The van der Waals surface area contributed by atoms with Gasteiger partial charge in [0.05, 0.1) is 10.6 Å².